The molecule has 1 aliphatic heterocycles. The average molecular weight is 280 g/mol. The SMILES string of the molecule is COC1CN(c2nc(C)ccc2/C(N)=N/O)CC1OC. The standard InChI is InChI=1S/C13H20N4O3/c1-8-4-5-9(12(14)16-18)13(15-8)17-6-10(19-2)11(7-17)20-3/h4-5,10-11,18H,6-7H2,1-3H3,(H2,14,16). The normalized spacial score (nSPS) is 23.4. The number of nitrogens with two attached hydrogens (primary N) is 1. The molecule has 1 aromatic heterocycles. The maximum Gasteiger partial charge on any atom is 0.173 e. The van der Waals surface area contributed by atoms with Crippen molar-refractivity contribution in [1.29, 1.82) is 0 Å². The van der Waals surface area contributed by atoms with E-state index in [1.807, 2.05) is 17.9 Å². The molecule has 0 saturated carbocycles. The van der Waals surface area contributed by atoms with Gasteiger partial charge in [0.15, 0.2) is 5.84 Å². The molecule has 1 saturated heterocycles. The highest BCUT2D eigenvalue weighted by molar-refractivity contribution is 6.01. The Kier molecular flexibility index (Phi) is 4.41. The zero-order valence-corrected chi connectivity index (χ0v) is 11.9. The Balaban J connectivity index is 2.35. The first kappa shape index (κ1) is 14.5. The Morgan fingerprint density at radius 1 is 1.35 bits per heavy atom. The Hall–Kier alpha value is -1.86. The summed E-state index contributed by atoms with van der Waals surface area (Å²) in [5.41, 5.74) is 7.18. The van der Waals surface area contributed by atoms with Gasteiger partial charge in [0.05, 0.1) is 5.56 Å². The highest BCUT2D eigenvalue weighted by Gasteiger charge is 2.34. The van der Waals surface area contributed by atoms with Crippen molar-refractivity contribution in [3.8, 4) is 0 Å². The van der Waals surface area contributed by atoms with E-state index in [0.29, 0.717) is 24.5 Å². The number of ether oxygens (including phenoxy) is 2. The summed E-state index contributed by atoms with van der Waals surface area (Å²) >= 11 is 0. The number of aromatic nitrogens is 1. The molecule has 0 bridgehead atoms. The van der Waals surface area contributed by atoms with Crippen LogP contribution in [0.5, 0.6) is 0 Å². The second-order valence-electron chi connectivity index (χ2n) is 4.76. The molecule has 2 heterocycles. The van der Waals surface area contributed by atoms with Crippen LogP contribution in [-0.4, -0.2) is 55.5 Å². The van der Waals surface area contributed by atoms with Crippen LogP contribution in [-0.2, 0) is 9.47 Å². The maximum absolute atomic E-state index is 8.89. The lowest BCUT2D eigenvalue weighted by Gasteiger charge is -2.20. The van der Waals surface area contributed by atoms with Gasteiger partial charge in [-0.15, -0.1) is 0 Å². The zero-order chi connectivity index (χ0) is 14.7. The summed E-state index contributed by atoms with van der Waals surface area (Å²) in [7, 11) is 3.32. The van der Waals surface area contributed by atoms with Crippen molar-refractivity contribution in [2.24, 2.45) is 10.9 Å². The lowest BCUT2D eigenvalue weighted by atomic mass is 10.2. The van der Waals surface area contributed by atoms with Gasteiger partial charge in [0.1, 0.15) is 18.0 Å². The number of methoxy groups -OCH3 is 2. The van der Waals surface area contributed by atoms with E-state index < -0.39 is 0 Å². The number of amidine groups is 1. The van der Waals surface area contributed by atoms with E-state index in [-0.39, 0.29) is 18.0 Å². The summed E-state index contributed by atoms with van der Waals surface area (Å²) in [4.78, 5) is 6.53. The van der Waals surface area contributed by atoms with Crippen LogP contribution in [0.15, 0.2) is 17.3 Å². The van der Waals surface area contributed by atoms with Crippen LogP contribution in [0.2, 0.25) is 0 Å². The Morgan fingerprint density at radius 3 is 2.45 bits per heavy atom. The first-order valence-electron chi connectivity index (χ1n) is 6.36. The fourth-order valence-electron chi connectivity index (χ4n) is 2.41. The Bertz CT molecular complexity index is 494. The number of nitrogens with zero attached hydrogens (tertiary/aromatic N) is 3. The van der Waals surface area contributed by atoms with E-state index in [1.165, 1.54) is 0 Å². The van der Waals surface area contributed by atoms with Gasteiger partial charge in [0, 0.05) is 33.0 Å². The summed E-state index contributed by atoms with van der Waals surface area (Å²) in [6.45, 7) is 3.20. The van der Waals surface area contributed by atoms with Crippen molar-refractivity contribution in [3.63, 3.8) is 0 Å². The minimum Gasteiger partial charge on any atom is -0.409 e. The second kappa shape index (κ2) is 6.06. The molecule has 2 unspecified atom stereocenters. The topological polar surface area (TPSA) is 93.2 Å². The van der Waals surface area contributed by atoms with Crippen molar-refractivity contribution in [2.45, 2.75) is 19.1 Å². The fraction of sp³-hybridized carbons (Fsp3) is 0.538. The third-order valence-electron chi connectivity index (χ3n) is 3.52. The summed E-state index contributed by atoms with van der Waals surface area (Å²) < 4.78 is 10.8. The number of hydrogen-bond donors (Lipinski definition) is 2. The molecule has 0 radical (unpaired) electrons. The van der Waals surface area contributed by atoms with Gasteiger partial charge in [-0.2, -0.15) is 0 Å². The van der Waals surface area contributed by atoms with Gasteiger partial charge in [-0.1, -0.05) is 5.16 Å². The number of aryl methyl sites for hydroxylation is 1. The van der Waals surface area contributed by atoms with Crippen molar-refractivity contribution in [1.82, 2.24) is 4.98 Å². The molecule has 3 N–H and O–H groups in total. The van der Waals surface area contributed by atoms with E-state index in [1.54, 1.807) is 20.3 Å². The van der Waals surface area contributed by atoms with Gasteiger partial charge >= 0.3 is 0 Å². The van der Waals surface area contributed by atoms with E-state index >= 15 is 0 Å². The molecule has 7 nitrogen and oxygen atoms in total. The minimum atomic E-state index is -0.0255. The molecule has 0 aromatic carbocycles. The van der Waals surface area contributed by atoms with Crippen LogP contribution >= 0.6 is 0 Å². The molecule has 7 heteroatoms. The minimum absolute atomic E-state index is 0.0255. The molecule has 20 heavy (non-hydrogen) atoms. The molecule has 1 fully saturated rings. The van der Waals surface area contributed by atoms with Gasteiger partial charge in [0.25, 0.3) is 0 Å². The summed E-state index contributed by atoms with van der Waals surface area (Å²) in [6.07, 6.45) is -0.0510. The van der Waals surface area contributed by atoms with Crippen LogP contribution < -0.4 is 10.6 Å². The predicted molar refractivity (Wildman–Crippen MR) is 75.3 cm³/mol. The number of pyridine rings is 1. The van der Waals surface area contributed by atoms with Crippen molar-refractivity contribution < 1.29 is 14.7 Å². The molecule has 110 valence electrons. The smallest absolute Gasteiger partial charge is 0.173 e. The Morgan fingerprint density at radius 2 is 1.95 bits per heavy atom. The van der Waals surface area contributed by atoms with Crippen LogP contribution in [0.1, 0.15) is 11.3 Å². The number of hydrogen-bond acceptors (Lipinski definition) is 6. The highest BCUT2D eigenvalue weighted by atomic mass is 16.5. The Labute approximate surface area is 118 Å². The number of rotatable bonds is 4. The second-order valence-corrected chi connectivity index (χ2v) is 4.76. The van der Waals surface area contributed by atoms with Crippen LogP contribution in [0.25, 0.3) is 0 Å². The van der Waals surface area contributed by atoms with E-state index in [2.05, 4.69) is 10.1 Å². The predicted octanol–water partition coefficient (Wildman–Crippen LogP) is 0.335. The van der Waals surface area contributed by atoms with Crippen LogP contribution in [0.4, 0.5) is 5.82 Å². The zero-order valence-electron chi connectivity index (χ0n) is 11.9. The molecule has 1 aromatic rings. The third kappa shape index (κ3) is 2.68. The molecule has 0 spiro atoms. The van der Waals surface area contributed by atoms with E-state index in [4.69, 9.17) is 20.4 Å². The van der Waals surface area contributed by atoms with Crippen LogP contribution in [0.3, 0.4) is 0 Å². The first-order valence-corrected chi connectivity index (χ1v) is 6.36. The molecule has 2 atom stereocenters. The summed E-state index contributed by atoms with van der Waals surface area (Å²) in [6, 6.07) is 3.63. The van der Waals surface area contributed by atoms with Crippen LogP contribution in [0, 0.1) is 6.92 Å². The molecule has 1 aliphatic rings. The van der Waals surface area contributed by atoms with Gasteiger partial charge in [-0.3, -0.25) is 0 Å². The number of anilines is 1. The number of oxime groups is 1. The molecular formula is C13H20N4O3. The lowest BCUT2D eigenvalue weighted by molar-refractivity contribution is -0.00461. The summed E-state index contributed by atoms with van der Waals surface area (Å²) in [5, 5.41) is 12.0. The van der Waals surface area contributed by atoms with Gasteiger partial charge < -0.3 is 25.3 Å². The fourth-order valence-corrected chi connectivity index (χ4v) is 2.41. The maximum atomic E-state index is 8.89. The highest BCUT2D eigenvalue weighted by Crippen LogP contribution is 2.25. The molecular weight excluding hydrogens is 260 g/mol. The average Bonchev–Trinajstić information content (AvgIpc) is 2.89. The molecule has 0 aliphatic carbocycles. The van der Waals surface area contributed by atoms with E-state index in [9.17, 15) is 0 Å². The summed E-state index contributed by atoms with van der Waals surface area (Å²) in [5.74, 6) is 0.726. The van der Waals surface area contributed by atoms with Crippen molar-refractivity contribution in [3.05, 3.63) is 23.4 Å². The van der Waals surface area contributed by atoms with Gasteiger partial charge in [0.2, 0.25) is 0 Å². The van der Waals surface area contributed by atoms with Gasteiger partial charge in [-0.05, 0) is 19.1 Å². The van der Waals surface area contributed by atoms with Crippen molar-refractivity contribution >= 4 is 11.7 Å². The first-order chi connectivity index (χ1) is 9.60. The van der Waals surface area contributed by atoms with E-state index in [0.717, 1.165) is 5.69 Å². The molecule has 2 rings (SSSR count). The van der Waals surface area contributed by atoms with Gasteiger partial charge in [-0.25, -0.2) is 4.98 Å². The van der Waals surface area contributed by atoms with Crippen molar-refractivity contribution in [2.75, 3.05) is 32.2 Å². The molecule has 0 amide bonds. The monoisotopic (exact) mass is 280 g/mol. The third-order valence-corrected chi connectivity index (χ3v) is 3.52. The largest absolute Gasteiger partial charge is 0.409 e. The lowest BCUT2D eigenvalue weighted by Crippen LogP contribution is -2.27. The quantitative estimate of drug-likeness (QED) is 0.357.